The molecule has 3 heterocycles. The summed E-state index contributed by atoms with van der Waals surface area (Å²) < 4.78 is 3.78. The molecule has 0 fully saturated rings. The monoisotopic (exact) mass is 414 g/mol. The van der Waals surface area contributed by atoms with Gasteiger partial charge < -0.3 is 9.88 Å². The lowest BCUT2D eigenvalue weighted by atomic mass is 10.2. The fraction of sp³-hybridized carbons (Fsp3) is 0.0909. The molecule has 1 amide bonds. The van der Waals surface area contributed by atoms with Crippen LogP contribution in [0.25, 0.3) is 33.0 Å². The maximum atomic E-state index is 12.6. The Bertz CT molecular complexity index is 1360. The molecule has 5 rings (SSSR count). The third kappa shape index (κ3) is 3.27. The first-order valence-corrected chi connectivity index (χ1v) is 10.2. The second kappa shape index (κ2) is 7.23. The third-order valence-corrected chi connectivity index (χ3v) is 5.77. The normalized spacial score (nSPS) is 11.1. The molecule has 5 aromatic rings. The van der Waals surface area contributed by atoms with Gasteiger partial charge in [-0.3, -0.25) is 9.48 Å². The SMILES string of the molecule is Cn1cc(-c2nc(C(=O)Nc3ccc(-c4nc5ccccc5n4C)cc3)cs2)cn1. The summed E-state index contributed by atoms with van der Waals surface area (Å²) in [5.41, 5.74) is 5.02. The van der Waals surface area contributed by atoms with Gasteiger partial charge in [-0.15, -0.1) is 11.3 Å². The number of rotatable bonds is 4. The van der Waals surface area contributed by atoms with Crippen LogP contribution in [0.1, 0.15) is 10.5 Å². The van der Waals surface area contributed by atoms with Crippen LogP contribution in [0.4, 0.5) is 5.69 Å². The number of aryl methyl sites for hydroxylation is 2. The van der Waals surface area contributed by atoms with Crippen molar-refractivity contribution in [3.05, 3.63) is 72.0 Å². The number of nitrogens with zero attached hydrogens (tertiary/aromatic N) is 5. The minimum absolute atomic E-state index is 0.239. The molecule has 2 aromatic carbocycles. The predicted octanol–water partition coefficient (Wildman–Crippen LogP) is 4.35. The fourth-order valence-electron chi connectivity index (χ4n) is 3.34. The number of anilines is 1. The molecule has 7 nitrogen and oxygen atoms in total. The molecule has 30 heavy (non-hydrogen) atoms. The summed E-state index contributed by atoms with van der Waals surface area (Å²) in [6.45, 7) is 0. The lowest BCUT2D eigenvalue weighted by Crippen LogP contribution is -2.12. The van der Waals surface area contributed by atoms with Gasteiger partial charge in [0.1, 0.15) is 16.5 Å². The van der Waals surface area contributed by atoms with Crippen molar-refractivity contribution in [3.8, 4) is 22.0 Å². The highest BCUT2D eigenvalue weighted by Gasteiger charge is 2.14. The number of para-hydroxylation sites is 2. The van der Waals surface area contributed by atoms with E-state index < -0.39 is 0 Å². The average Bonchev–Trinajstić information content (AvgIpc) is 3.48. The molecule has 3 aromatic heterocycles. The van der Waals surface area contributed by atoms with Crippen molar-refractivity contribution in [2.24, 2.45) is 14.1 Å². The number of amides is 1. The van der Waals surface area contributed by atoms with Crippen molar-refractivity contribution >= 4 is 34.0 Å². The first-order valence-electron chi connectivity index (χ1n) is 9.36. The van der Waals surface area contributed by atoms with Gasteiger partial charge in [-0.2, -0.15) is 5.10 Å². The van der Waals surface area contributed by atoms with Crippen molar-refractivity contribution in [1.82, 2.24) is 24.3 Å². The van der Waals surface area contributed by atoms with Crippen LogP contribution < -0.4 is 5.32 Å². The maximum absolute atomic E-state index is 12.6. The second-order valence-corrected chi connectivity index (χ2v) is 7.81. The highest BCUT2D eigenvalue weighted by Crippen LogP contribution is 2.26. The highest BCUT2D eigenvalue weighted by atomic mass is 32.1. The summed E-state index contributed by atoms with van der Waals surface area (Å²) in [6.07, 6.45) is 3.61. The van der Waals surface area contributed by atoms with Crippen LogP contribution in [0.3, 0.4) is 0 Å². The zero-order valence-corrected chi connectivity index (χ0v) is 17.2. The molecular formula is C22H18N6OS. The van der Waals surface area contributed by atoms with Crippen LogP contribution >= 0.6 is 11.3 Å². The summed E-state index contributed by atoms with van der Waals surface area (Å²) in [6, 6.07) is 15.7. The quantitative estimate of drug-likeness (QED) is 0.474. The molecule has 0 bridgehead atoms. The Labute approximate surface area is 176 Å². The van der Waals surface area contributed by atoms with Crippen molar-refractivity contribution in [2.75, 3.05) is 5.32 Å². The second-order valence-electron chi connectivity index (χ2n) is 6.96. The number of aromatic nitrogens is 5. The molecule has 0 aliphatic heterocycles. The van der Waals surface area contributed by atoms with Crippen LogP contribution in [0.15, 0.2) is 66.3 Å². The Morgan fingerprint density at radius 1 is 1.00 bits per heavy atom. The number of fused-ring (bicyclic) bond motifs is 1. The van der Waals surface area contributed by atoms with Crippen LogP contribution in [0, 0.1) is 0 Å². The Morgan fingerprint density at radius 3 is 2.53 bits per heavy atom. The summed E-state index contributed by atoms with van der Waals surface area (Å²) in [4.78, 5) is 21.7. The number of thiazole rings is 1. The number of carbonyl (C=O) groups is 1. The van der Waals surface area contributed by atoms with Gasteiger partial charge in [0.25, 0.3) is 5.91 Å². The highest BCUT2D eigenvalue weighted by molar-refractivity contribution is 7.13. The predicted molar refractivity (Wildman–Crippen MR) is 118 cm³/mol. The van der Waals surface area contributed by atoms with Gasteiger partial charge in [0.15, 0.2) is 0 Å². The van der Waals surface area contributed by atoms with Gasteiger partial charge in [0, 0.05) is 42.5 Å². The molecule has 0 saturated heterocycles. The number of hydrogen-bond donors (Lipinski definition) is 1. The number of nitrogens with one attached hydrogen (secondary N) is 1. The standard InChI is InChI=1S/C22H18N6OS/c1-27-12-15(11-23-27)22-26-18(13-30-22)21(29)24-16-9-7-14(8-10-16)20-25-17-5-3-4-6-19(17)28(20)2/h3-13H,1-2H3,(H,24,29). The average molecular weight is 414 g/mol. The zero-order valence-electron chi connectivity index (χ0n) is 16.4. The van der Waals surface area contributed by atoms with E-state index in [2.05, 4.69) is 20.0 Å². The van der Waals surface area contributed by atoms with Gasteiger partial charge in [-0.1, -0.05) is 12.1 Å². The van der Waals surface area contributed by atoms with Crippen LogP contribution in [-0.4, -0.2) is 30.2 Å². The van der Waals surface area contributed by atoms with E-state index in [9.17, 15) is 4.79 Å². The van der Waals surface area contributed by atoms with Crippen LogP contribution in [0.5, 0.6) is 0 Å². The molecule has 0 unspecified atom stereocenters. The molecule has 0 spiro atoms. The molecule has 0 aliphatic rings. The van der Waals surface area contributed by atoms with E-state index in [-0.39, 0.29) is 5.91 Å². The molecule has 0 radical (unpaired) electrons. The lowest BCUT2D eigenvalue weighted by molar-refractivity contribution is 0.102. The van der Waals surface area contributed by atoms with Gasteiger partial charge in [0.05, 0.1) is 17.2 Å². The van der Waals surface area contributed by atoms with E-state index in [1.165, 1.54) is 11.3 Å². The Balaban J connectivity index is 1.34. The first kappa shape index (κ1) is 18.3. The van der Waals surface area contributed by atoms with Gasteiger partial charge in [0.2, 0.25) is 0 Å². The van der Waals surface area contributed by atoms with Crippen LogP contribution in [-0.2, 0) is 14.1 Å². The van der Waals surface area contributed by atoms with Gasteiger partial charge >= 0.3 is 0 Å². The Hall–Kier alpha value is -3.78. The molecule has 1 N–H and O–H groups in total. The lowest BCUT2D eigenvalue weighted by Gasteiger charge is -2.06. The van der Waals surface area contributed by atoms with Gasteiger partial charge in [-0.25, -0.2) is 9.97 Å². The number of imidazole rings is 1. The third-order valence-electron chi connectivity index (χ3n) is 4.88. The minimum atomic E-state index is -0.239. The zero-order chi connectivity index (χ0) is 20.7. The topological polar surface area (TPSA) is 77.6 Å². The van der Waals surface area contributed by atoms with E-state index in [1.54, 1.807) is 16.3 Å². The van der Waals surface area contributed by atoms with E-state index in [4.69, 9.17) is 4.98 Å². The Morgan fingerprint density at radius 2 is 1.80 bits per heavy atom. The summed E-state index contributed by atoms with van der Waals surface area (Å²) in [7, 11) is 3.85. The molecule has 0 atom stereocenters. The number of benzene rings is 2. The minimum Gasteiger partial charge on any atom is -0.327 e. The summed E-state index contributed by atoms with van der Waals surface area (Å²) in [5.74, 6) is 0.645. The summed E-state index contributed by atoms with van der Waals surface area (Å²) in [5, 5.41) is 9.57. The van der Waals surface area contributed by atoms with Gasteiger partial charge in [-0.05, 0) is 36.4 Å². The first-order chi connectivity index (χ1) is 14.6. The molecular weight excluding hydrogens is 396 g/mol. The van der Waals surface area contributed by atoms with E-state index >= 15 is 0 Å². The molecule has 0 saturated carbocycles. The van der Waals surface area contributed by atoms with Crippen molar-refractivity contribution in [2.45, 2.75) is 0 Å². The van der Waals surface area contributed by atoms with E-state index in [0.717, 1.165) is 33.0 Å². The smallest absolute Gasteiger partial charge is 0.275 e. The van der Waals surface area contributed by atoms with Crippen LogP contribution in [0.2, 0.25) is 0 Å². The van der Waals surface area contributed by atoms with E-state index in [0.29, 0.717) is 11.4 Å². The molecule has 0 aliphatic carbocycles. The fourth-order valence-corrected chi connectivity index (χ4v) is 4.12. The Kier molecular flexibility index (Phi) is 4.40. The van der Waals surface area contributed by atoms with Crippen molar-refractivity contribution in [3.63, 3.8) is 0 Å². The van der Waals surface area contributed by atoms with Crippen molar-refractivity contribution in [1.29, 1.82) is 0 Å². The largest absolute Gasteiger partial charge is 0.327 e. The van der Waals surface area contributed by atoms with Crippen molar-refractivity contribution < 1.29 is 4.79 Å². The molecule has 148 valence electrons. The summed E-state index contributed by atoms with van der Waals surface area (Å²) >= 11 is 1.42. The number of carbonyl (C=O) groups excluding carboxylic acids is 1. The maximum Gasteiger partial charge on any atom is 0.275 e. The molecule has 8 heteroatoms. The number of hydrogen-bond acceptors (Lipinski definition) is 5. The van der Waals surface area contributed by atoms with E-state index in [1.807, 2.05) is 68.8 Å².